The van der Waals surface area contributed by atoms with Gasteiger partial charge in [-0.15, -0.1) is 0 Å². The Balaban J connectivity index is 1.32. The number of aromatic amines is 1. The molecule has 4 aromatic rings. The standard InChI is InChI=1S/C29H33N7O/c1-19-26(20(2)35-18-34-19)29(37)33-16-22-9-11-23(12-10-22)17-36(21(3)28-31-14-15-32-28)25-8-4-6-24-7-5-13-30-27(24)25/h5,7,9-15,18,21,25H,4,6,8,16-17H2,1-3H3,(H,31,32)(H,33,37). The lowest BCUT2D eigenvalue weighted by Crippen LogP contribution is -2.34. The van der Waals surface area contributed by atoms with Gasteiger partial charge in [0, 0.05) is 31.7 Å². The van der Waals surface area contributed by atoms with Crippen molar-refractivity contribution >= 4 is 5.91 Å². The number of rotatable bonds is 8. The quantitative estimate of drug-likeness (QED) is 0.365. The number of carbonyl (C=O) groups is 1. The summed E-state index contributed by atoms with van der Waals surface area (Å²) < 4.78 is 0. The number of benzene rings is 1. The molecule has 1 aromatic carbocycles. The first-order valence-electron chi connectivity index (χ1n) is 12.8. The number of nitrogens with zero attached hydrogens (tertiary/aromatic N) is 5. The van der Waals surface area contributed by atoms with E-state index in [1.165, 1.54) is 23.1 Å². The fraction of sp³-hybridized carbons (Fsp3) is 0.345. The van der Waals surface area contributed by atoms with Gasteiger partial charge in [-0.1, -0.05) is 30.3 Å². The third kappa shape index (κ3) is 5.44. The van der Waals surface area contributed by atoms with Gasteiger partial charge in [-0.3, -0.25) is 14.7 Å². The lowest BCUT2D eigenvalue weighted by atomic mass is 9.89. The summed E-state index contributed by atoms with van der Waals surface area (Å²) in [5.41, 5.74) is 6.69. The Hall–Kier alpha value is -3.91. The van der Waals surface area contributed by atoms with Crippen molar-refractivity contribution in [2.45, 2.75) is 65.2 Å². The zero-order chi connectivity index (χ0) is 25.8. The van der Waals surface area contributed by atoms with E-state index in [2.05, 4.69) is 67.4 Å². The van der Waals surface area contributed by atoms with Crippen LogP contribution in [0.3, 0.4) is 0 Å². The first-order valence-corrected chi connectivity index (χ1v) is 12.8. The van der Waals surface area contributed by atoms with E-state index >= 15 is 0 Å². The molecule has 8 nitrogen and oxygen atoms in total. The first kappa shape index (κ1) is 24.8. The summed E-state index contributed by atoms with van der Waals surface area (Å²) in [5.74, 6) is 0.805. The van der Waals surface area contributed by atoms with Gasteiger partial charge in [-0.2, -0.15) is 0 Å². The average molecular weight is 496 g/mol. The van der Waals surface area contributed by atoms with Crippen molar-refractivity contribution in [3.63, 3.8) is 0 Å². The molecule has 0 saturated heterocycles. The molecule has 0 bridgehead atoms. The number of imidazole rings is 1. The van der Waals surface area contributed by atoms with Crippen molar-refractivity contribution < 1.29 is 4.79 Å². The molecule has 8 heteroatoms. The molecule has 0 aliphatic heterocycles. The molecule has 2 N–H and O–H groups in total. The van der Waals surface area contributed by atoms with Crippen LogP contribution >= 0.6 is 0 Å². The van der Waals surface area contributed by atoms with E-state index in [-0.39, 0.29) is 18.0 Å². The highest BCUT2D eigenvalue weighted by atomic mass is 16.1. The van der Waals surface area contributed by atoms with Crippen LogP contribution in [0.25, 0.3) is 0 Å². The van der Waals surface area contributed by atoms with Crippen molar-refractivity contribution in [3.05, 3.63) is 106 Å². The fourth-order valence-corrected chi connectivity index (χ4v) is 5.25. The van der Waals surface area contributed by atoms with E-state index in [0.717, 1.165) is 37.2 Å². The van der Waals surface area contributed by atoms with Crippen LogP contribution in [0.15, 0.2) is 61.3 Å². The maximum absolute atomic E-state index is 12.7. The van der Waals surface area contributed by atoms with E-state index < -0.39 is 0 Å². The minimum Gasteiger partial charge on any atom is -0.348 e. The highest BCUT2D eigenvalue weighted by molar-refractivity contribution is 5.96. The van der Waals surface area contributed by atoms with Gasteiger partial charge in [0.05, 0.1) is 34.7 Å². The maximum Gasteiger partial charge on any atom is 0.255 e. The number of pyridine rings is 1. The smallest absolute Gasteiger partial charge is 0.255 e. The van der Waals surface area contributed by atoms with Crippen LogP contribution < -0.4 is 5.32 Å². The zero-order valence-electron chi connectivity index (χ0n) is 21.6. The second-order valence-corrected chi connectivity index (χ2v) is 9.70. The average Bonchev–Trinajstić information content (AvgIpc) is 3.46. The summed E-state index contributed by atoms with van der Waals surface area (Å²) in [6.07, 6.45) is 10.4. The number of fused-ring (bicyclic) bond motifs is 1. The van der Waals surface area contributed by atoms with E-state index in [9.17, 15) is 4.79 Å². The lowest BCUT2D eigenvalue weighted by molar-refractivity contribution is 0.0948. The number of amides is 1. The van der Waals surface area contributed by atoms with Gasteiger partial charge >= 0.3 is 0 Å². The Kier molecular flexibility index (Phi) is 7.37. The topological polar surface area (TPSA) is 99.7 Å². The molecule has 0 radical (unpaired) electrons. The van der Waals surface area contributed by atoms with Crippen LogP contribution in [-0.2, 0) is 19.5 Å². The predicted molar refractivity (Wildman–Crippen MR) is 142 cm³/mol. The molecule has 0 saturated carbocycles. The van der Waals surface area contributed by atoms with Gasteiger partial charge in [-0.25, -0.2) is 15.0 Å². The summed E-state index contributed by atoms with van der Waals surface area (Å²) in [6.45, 7) is 7.08. The Bertz CT molecular complexity index is 1330. The predicted octanol–water partition coefficient (Wildman–Crippen LogP) is 4.78. The zero-order valence-corrected chi connectivity index (χ0v) is 21.6. The highest BCUT2D eigenvalue weighted by Crippen LogP contribution is 2.38. The van der Waals surface area contributed by atoms with E-state index in [0.29, 0.717) is 23.5 Å². The molecule has 1 aliphatic rings. The molecule has 2 atom stereocenters. The molecule has 0 fully saturated rings. The summed E-state index contributed by atoms with van der Waals surface area (Å²) in [6, 6.07) is 13.0. The second kappa shape index (κ2) is 11.0. The lowest BCUT2D eigenvalue weighted by Gasteiger charge is -2.38. The number of aryl methyl sites for hydroxylation is 3. The van der Waals surface area contributed by atoms with Gasteiger partial charge in [-0.05, 0) is 62.8 Å². The van der Waals surface area contributed by atoms with Crippen molar-refractivity contribution in [2.75, 3.05) is 0 Å². The number of hydrogen-bond donors (Lipinski definition) is 2. The molecule has 190 valence electrons. The highest BCUT2D eigenvalue weighted by Gasteiger charge is 2.31. The van der Waals surface area contributed by atoms with E-state index in [4.69, 9.17) is 4.98 Å². The van der Waals surface area contributed by atoms with Crippen LogP contribution in [0.4, 0.5) is 0 Å². The normalized spacial score (nSPS) is 15.8. The van der Waals surface area contributed by atoms with E-state index in [1.807, 2.05) is 38.5 Å². The molecular formula is C29H33N7O. The van der Waals surface area contributed by atoms with Crippen LogP contribution in [0.5, 0.6) is 0 Å². The molecule has 2 unspecified atom stereocenters. The minimum absolute atomic E-state index is 0.103. The Morgan fingerprint density at radius 1 is 1.05 bits per heavy atom. The van der Waals surface area contributed by atoms with Crippen molar-refractivity contribution in [3.8, 4) is 0 Å². The molecular weight excluding hydrogens is 462 g/mol. The summed E-state index contributed by atoms with van der Waals surface area (Å²) in [5, 5.41) is 3.01. The Morgan fingerprint density at radius 2 is 1.81 bits per heavy atom. The molecule has 1 amide bonds. The molecule has 5 rings (SSSR count). The Morgan fingerprint density at radius 3 is 2.54 bits per heavy atom. The Labute approximate surface area is 217 Å². The van der Waals surface area contributed by atoms with Gasteiger partial charge < -0.3 is 10.3 Å². The fourth-order valence-electron chi connectivity index (χ4n) is 5.25. The molecule has 3 aromatic heterocycles. The molecule has 1 aliphatic carbocycles. The molecule has 37 heavy (non-hydrogen) atoms. The van der Waals surface area contributed by atoms with Gasteiger partial charge in [0.15, 0.2) is 0 Å². The second-order valence-electron chi connectivity index (χ2n) is 9.70. The largest absolute Gasteiger partial charge is 0.348 e. The summed E-state index contributed by atoms with van der Waals surface area (Å²) >= 11 is 0. The number of H-pyrrole nitrogens is 1. The third-order valence-corrected chi connectivity index (χ3v) is 7.27. The van der Waals surface area contributed by atoms with Crippen LogP contribution in [0.2, 0.25) is 0 Å². The molecule has 0 spiro atoms. The van der Waals surface area contributed by atoms with Crippen molar-refractivity contribution in [1.29, 1.82) is 0 Å². The number of carbonyl (C=O) groups excluding carboxylic acids is 1. The van der Waals surface area contributed by atoms with Crippen LogP contribution in [-0.4, -0.2) is 35.7 Å². The maximum atomic E-state index is 12.7. The summed E-state index contributed by atoms with van der Waals surface area (Å²) in [7, 11) is 0. The minimum atomic E-state index is -0.151. The number of hydrogen-bond acceptors (Lipinski definition) is 6. The van der Waals surface area contributed by atoms with Gasteiger partial charge in [0.25, 0.3) is 5.91 Å². The van der Waals surface area contributed by atoms with Gasteiger partial charge in [0.2, 0.25) is 0 Å². The van der Waals surface area contributed by atoms with E-state index in [1.54, 1.807) is 0 Å². The van der Waals surface area contributed by atoms with Crippen molar-refractivity contribution in [1.82, 2.24) is 35.1 Å². The molecule has 3 heterocycles. The number of aromatic nitrogens is 5. The SMILES string of the molecule is Cc1ncnc(C)c1C(=O)NCc1ccc(CN(C(C)c2ncc[nH]2)C2CCCc3cccnc32)cc1. The third-order valence-electron chi connectivity index (χ3n) is 7.27. The first-order chi connectivity index (χ1) is 18.0. The van der Waals surface area contributed by atoms with Crippen LogP contribution in [0.1, 0.15) is 81.8 Å². The number of nitrogens with one attached hydrogen (secondary N) is 2. The van der Waals surface area contributed by atoms with Crippen molar-refractivity contribution in [2.24, 2.45) is 0 Å². The monoisotopic (exact) mass is 495 g/mol. The van der Waals surface area contributed by atoms with Crippen LogP contribution in [0, 0.1) is 13.8 Å². The van der Waals surface area contributed by atoms with Gasteiger partial charge in [0.1, 0.15) is 12.2 Å². The summed E-state index contributed by atoms with van der Waals surface area (Å²) in [4.78, 5) is 36.2.